The minimum Gasteiger partial charge on any atom is -0.460 e. The first-order valence-electron chi connectivity index (χ1n) is 8.85. The molecule has 3 aromatic rings. The van der Waals surface area contributed by atoms with E-state index in [9.17, 15) is 4.79 Å². The van der Waals surface area contributed by atoms with Crippen LogP contribution in [0.25, 0.3) is 10.2 Å². The lowest BCUT2D eigenvalue weighted by Gasteiger charge is -2.13. The molecule has 4 rings (SSSR count). The average molecular weight is 385 g/mol. The van der Waals surface area contributed by atoms with Crippen molar-refractivity contribution < 1.29 is 9.53 Å². The summed E-state index contributed by atoms with van der Waals surface area (Å²) in [6.45, 7) is 2.18. The largest absolute Gasteiger partial charge is 0.460 e. The molecule has 0 N–H and O–H groups in total. The van der Waals surface area contributed by atoms with Gasteiger partial charge in [-0.15, -0.1) is 11.3 Å². The molecule has 0 bridgehead atoms. The monoisotopic (exact) mass is 384 g/mol. The summed E-state index contributed by atoms with van der Waals surface area (Å²) in [5.74, 6) is -0.213. The summed E-state index contributed by atoms with van der Waals surface area (Å²) in [5.41, 5.74) is 2.39. The van der Waals surface area contributed by atoms with Crippen molar-refractivity contribution in [2.45, 2.75) is 49.5 Å². The van der Waals surface area contributed by atoms with E-state index in [1.54, 1.807) is 17.7 Å². The summed E-state index contributed by atoms with van der Waals surface area (Å²) in [6.07, 6.45) is 6.29. The normalized spacial score (nSPS) is 14.8. The van der Waals surface area contributed by atoms with Gasteiger partial charge in [-0.05, 0) is 43.7 Å². The van der Waals surface area contributed by atoms with E-state index in [0.717, 1.165) is 33.6 Å². The van der Waals surface area contributed by atoms with Gasteiger partial charge in [-0.3, -0.25) is 4.79 Å². The van der Waals surface area contributed by atoms with Crippen LogP contribution in [0.2, 0.25) is 0 Å². The summed E-state index contributed by atoms with van der Waals surface area (Å²) < 4.78 is 5.47. The van der Waals surface area contributed by atoms with E-state index in [1.807, 2.05) is 37.3 Å². The third-order valence-corrected chi connectivity index (χ3v) is 6.84. The Morgan fingerprint density at radius 3 is 2.88 bits per heavy atom. The average Bonchev–Trinajstić information content (AvgIpc) is 3.06. The SMILES string of the molecule is CC(Sc1ncnc2sc3c(c12)CCCC3)C(=O)OCc1ccccc1. The van der Waals surface area contributed by atoms with Crippen LogP contribution in [-0.4, -0.2) is 21.2 Å². The number of hydrogen-bond donors (Lipinski definition) is 0. The predicted molar refractivity (Wildman–Crippen MR) is 106 cm³/mol. The molecule has 0 aliphatic heterocycles. The number of hydrogen-bond acceptors (Lipinski definition) is 6. The van der Waals surface area contributed by atoms with Crippen molar-refractivity contribution in [2.75, 3.05) is 0 Å². The van der Waals surface area contributed by atoms with Crippen LogP contribution in [0.3, 0.4) is 0 Å². The molecule has 0 fully saturated rings. The molecule has 6 heteroatoms. The zero-order valence-corrected chi connectivity index (χ0v) is 16.2. The lowest BCUT2D eigenvalue weighted by Crippen LogP contribution is -2.17. The van der Waals surface area contributed by atoms with Gasteiger partial charge in [0.15, 0.2) is 0 Å². The van der Waals surface area contributed by atoms with Gasteiger partial charge in [-0.25, -0.2) is 9.97 Å². The number of thioether (sulfide) groups is 1. The molecule has 4 nitrogen and oxygen atoms in total. The van der Waals surface area contributed by atoms with Crippen molar-refractivity contribution in [3.05, 3.63) is 52.7 Å². The minimum atomic E-state index is -0.309. The molecular formula is C20H20N2O2S2. The second-order valence-corrected chi connectivity index (χ2v) is 8.84. The van der Waals surface area contributed by atoms with Gasteiger partial charge in [0.25, 0.3) is 0 Å². The Labute approximate surface area is 161 Å². The summed E-state index contributed by atoms with van der Waals surface area (Å²) >= 11 is 3.25. The molecule has 2 heterocycles. The number of nitrogens with zero attached hydrogens (tertiary/aromatic N) is 2. The molecule has 134 valence electrons. The molecule has 1 unspecified atom stereocenters. The molecule has 0 saturated carbocycles. The predicted octanol–water partition coefficient (Wildman–Crippen LogP) is 4.79. The smallest absolute Gasteiger partial charge is 0.319 e. The van der Waals surface area contributed by atoms with Gasteiger partial charge in [0, 0.05) is 10.3 Å². The molecule has 0 radical (unpaired) electrons. The van der Waals surface area contributed by atoms with Crippen molar-refractivity contribution in [2.24, 2.45) is 0 Å². The van der Waals surface area contributed by atoms with Crippen LogP contribution in [0.1, 0.15) is 35.8 Å². The number of thiophene rings is 1. The molecule has 0 saturated heterocycles. The van der Waals surface area contributed by atoms with Gasteiger partial charge in [0.1, 0.15) is 28.0 Å². The molecule has 26 heavy (non-hydrogen) atoms. The molecule has 1 aromatic carbocycles. The fourth-order valence-electron chi connectivity index (χ4n) is 3.21. The standard InChI is InChI=1S/C20H20N2O2S2/c1-13(20(23)24-11-14-7-3-2-4-8-14)25-18-17-15-9-5-6-10-16(15)26-19(17)22-12-21-18/h2-4,7-8,12-13H,5-6,9-11H2,1H3. The minimum absolute atomic E-state index is 0.213. The summed E-state index contributed by atoms with van der Waals surface area (Å²) in [6, 6.07) is 9.75. The highest BCUT2D eigenvalue weighted by Gasteiger charge is 2.23. The maximum absolute atomic E-state index is 12.4. The lowest BCUT2D eigenvalue weighted by molar-refractivity contribution is -0.143. The van der Waals surface area contributed by atoms with Crippen LogP contribution in [-0.2, 0) is 29.0 Å². The number of aryl methyl sites for hydroxylation is 2. The Kier molecular flexibility index (Phi) is 5.22. The number of carbonyl (C=O) groups excluding carboxylic acids is 1. The second kappa shape index (κ2) is 7.76. The van der Waals surface area contributed by atoms with E-state index in [1.165, 1.54) is 35.0 Å². The zero-order chi connectivity index (χ0) is 17.9. The number of carbonyl (C=O) groups is 1. The van der Waals surface area contributed by atoms with Crippen molar-refractivity contribution in [3.63, 3.8) is 0 Å². The number of aromatic nitrogens is 2. The third kappa shape index (κ3) is 3.62. The Morgan fingerprint density at radius 1 is 1.23 bits per heavy atom. The maximum atomic E-state index is 12.4. The molecule has 0 amide bonds. The van der Waals surface area contributed by atoms with E-state index in [0.29, 0.717) is 6.61 Å². The number of esters is 1. The van der Waals surface area contributed by atoms with Crippen LogP contribution in [0.4, 0.5) is 0 Å². The quantitative estimate of drug-likeness (QED) is 0.359. The Morgan fingerprint density at radius 2 is 2.04 bits per heavy atom. The van der Waals surface area contributed by atoms with Crippen molar-refractivity contribution >= 4 is 39.3 Å². The van der Waals surface area contributed by atoms with Gasteiger partial charge in [-0.2, -0.15) is 0 Å². The van der Waals surface area contributed by atoms with E-state index in [2.05, 4.69) is 9.97 Å². The molecule has 1 aliphatic rings. The second-order valence-electron chi connectivity index (χ2n) is 6.42. The lowest BCUT2D eigenvalue weighted by atomic mass is 9.97. The molecule has 2 aromatic heterocycles. The van der Waals surface area contributed by atoms with Gasteiger partial charge < -0.3 is 4.74 Å². The highest BCUT2D eigenvalue weighted by atomic mass is 32.2. The van der Waals surface area contributed by atoms with Gasteiger partial charge in [-0.1, -0.05) is 42.1 Å². The fraction of sp³-hybridized carbons (Fsp3) is 0.350. The number of ether oxygens (including phenoxy) is 1. The Hall–Kier alpha value is -1.92. The highest BCUT2D eigenvalue weighted by molar-refractivity contribution is 8.00. The molecule has 0 spiro atoms. The van der Waals surface area contributed by atoms with Crippen LogP contribution >= 0.6 is 23.1 Å². The van der Waals surface area contributed by atoms with Crippen LogP contribution in [0.5, 0.6) is 0 Å². The van der Waals surface area contributed by atoms with E-state index in [-0.39, 0.29) is 11.2 Å². The fourth-order valence-corrected chi connectivity index (χ4v) is 5.45. The van der Waals surface area contributed by atoms with Crippen LogP contribution in [0.15, 0.2) is 41.7 Å². The maximum Gasteiger partial charge on any atom is 0.319 e. The molecule has 1 atom stereocenters. The number of fused-ring (bicyclic) bond motifs is 3. The van der Waals surface area contributed by atoms with Crippen molar-refractivity contribution in [1.82, 2.24) is 9.97 Å². The summed E-state index contributed by atoms with van der Waals surface area (Å²) in [4.78, 5) is 23.8. The van der Waals surface area contributed by atoms with Gasteiger partial charge >= 0.3 is 5.97 Å². The Balaban J connectivity index is 1.49. The topological polar surface area (TPSA) is 52.1 Å². The van der Waals surface area contributed by atoms with E-state index in [4.69, 9.17) is 4.74 Å². The first-order chi connectivity index (χ1) is 12.7. The van der Waals surface area contributed by atoms with Crippen molar-refractivity contribution in [3.8, 4) is 0 Å². The third-order valence-electron chi connectivity index (χ3n) is 4.56. The number of benzene rings is 1. The zero-order valence-electron chi connectivity index (χ0n) is 14.6. The summed E-state index contributed by atoms with van der Waals surface area (Å²) in [7, 11) is 0. The highest BCUT2D eigenvalue weighted by Crippen LogP contribution is 2.40. The molecule has 1 aliphatic carbocycles. The van der Waals surface area contributed by atoms with Crippen molar-refractivity contribution in [1.29, 1.82) is 0 Å². The first-order valence-corrected chi connectivity index (χ1v) is 10.5. The van der Waals surface area contributed by atoms with E-state index >= 15 is 0 Å². The number of rotatable bonds is 5. The first kappa shape index (κ1) is 17.5. The summed E-state index contributed by atoms with van der Waals surface area (Å²) in [5, 5.41) is 1.74. The van der Waals surface area contributed by atoms with Gasteiger partial charge in [0.05, 0.1) is 0 Å². The van der Waals surface area contributed by atoms with Gasteiger partial charge in [0.2, 0.25) is 0 Å². The van der Waals surface area contributed by atoms with Crippen LogP contribution in [0, 0.1) is 0 Å². The molecular weight excluding hydrogens is 364 g/mol. The van der Waals surface area contributed by atoms with E-state index < -0.39 is 0 Å². The van der Waals surface area contributed by atoms with Crippen LogP contribution < -0.4 is 0 Å². The Bertz CT molecular complexity index is 924.